The van der Waals surface area contributed by atoms with Crippen molar-refractivity contribution in [3.8, 4) is 5.75 Å². The Balaban J connectivity index is 1.43. The summed E-state index contributed by atoms with van der Waals surface area (Å²) in [6.45, 7) is 2.90. The standard InChI is InChI=1S/C22H22ClN3O3/c1-2-29-20-6-4-3-5-19(20)26-21(27)12-18(22(26)28)24-10-9-14-13-25-17-8-7-15(23)11-16(14)17/h3-8,11,13,18,24-25H,2,9-10,12H2,1H3/t18-/m0/s1. The number of nitrogens with zero attached hydrogens (tertiary/aromatic N) is 1. The molecule has 4 rings (SSSR count). The summed E-state index contributed by atoms with van der Waals surface area (Å²) in [5, 5.41) is 4.99. The number of aromatic amines is 1. The number of H-pyrrole nitrogens is 1. The van der Waals surface area contributed by atoms with E-state index in [1.165, 1.54) is 4.90 Å². The molecule has 0 spiro atoms. The van der Waals surface area contributed by atoms with Gasteiger partial charge in [-0.15, -0.1) is 0 Å². The maximum Gasteiger partial charge on any atom is 0.251 e. The van der Waals surface area contributed by atoms with E-state index in [9.17, 15) is 9.59 Å². The number of carbonyl (C=O) groups excluding carboxylic acids is 2. The third kappa shape index (κ3) is 3.86. The minimum Gasteiger partial charge on any atom is -0.492 e. The van der Waals surface area contributed by atoms with Crippen LogP contribution >= 0.6 is 11.6 Å². The average molecular weight is 412 g/mol. The number of fused-ring (bicyclic) bond motifs is 1. The Kier molecular flexibility index (Phi) is 5.56. The highest BCUT2D eigenvalue weighted by Crippen LogP contribution is 2.32. The molecule has 7 heteroatoms. The number of anilines is 1. The summed E-state index contributed by atoms with van der Waals surface area (Å²) in [5.41, 5.74) is 2.64. The molecule has 2 N–H and O–H groups in total. The molecule has 0 aliphatic carbocycles. The van der Waals surface area contributed by atoms with E-state index in [1.807, 2.05) is 37.4 Å². The molecule has 0 unspecified atom stereocenters. The van der Waals surface area contributed by atoms with E-state index in [0.717, 1.165) is 16.5 Å². The van der Waals surface area contributed by atoms with Crippen LogP contribution in [0.5, 0.6) is 5.75 Å². The van der Waals surface area contributed by atoms with E-state index in [1.54, 1.807) is 18.2 Å². The molecule has 0 bridgehead atoms. The van der Waals surface area contributed by atoms with Gasteiger partial charge in [0.2, 0.25) is 5.91 Å². The number of imide groups is 1. The zero-order chi connectivity index (χ0) is 20.4. The summed E-state index contributed by atoms with van der Waals surface area (Å²) < 4.78 is 5.58. The molecular weight excluding hydrogens is 390 g/mol. The van der Waals surface area contributed by atoms with Crippen LogP contribution in [0.15, 0.2) is 48.7 Å². The van der Waals surface area contributed by atoms with Crippen molar-refractivity contribution < 1.29 is 14.3 Å². The zero-order valence-electron chi connectivity index (χ0n) is 16.1. The lowest BCUT2D eigenvalue weighted by molar-refractivity contribution is -0.121. The minimum absolute atomic E-state index is 0.138. The molecule has 1 aliphatic heterocycles. The van der Waals surface area contributed by atoms with Gasteiger partial charge in [-0.25, -0.2) is 4.90 Å². The summed E-state index contributed by atoms with van der Waals surface area (Å²) in [4.78, 5) is 29.9. The Bertz CT molecular complexity index is 1060. The molecule has 2 aromatic carbocycles. The Morgan fingerprint density at radius 3 is 2.90 bits per heavy atom. The van der Waals surface area contributed by atoms with Gasteiger partial charge in [0.25, 0.3) is 5.91 Å². The summed E-state index contributed by atoms with van der Waals surface area (Å²) >= 11 is 6.10. The molecule has 1 fully saturated rings. The third-order valence-electron chi connectivity index (χ3n) is 5.07. The van der Waals surface area contributed by atoms with Gasteiger partial charge >= 0.3 is 0 Å². The van der Waals surface area contributed by atoms with Gasteiger partial charge in [0.15, 0.2) is 0 Å². The SMILES string of the molecule is CCOc1ccccc1N1C(=O)C[C@H](NCCc2c[nH]c3ccc(Cl)cc23)C1=O. The number of carbonyl (C=O) groups is 2. The Morgan fingerprint density at radius 2 is 2.07 bits per heavy atom. The number of hydrogen-bond donors (Lipinski definition) is 2. The maximum atomic E-state index is 12.9. The van der Waals surface area contributed by atoms with Crippen LogP contribution in [0, 0.1) is 0 Å². The molecule has 6 nitrogen and oxygen atoms in total. The van der Waals surface area contributed by atoms with Crippen molar-refractivity contribution in [1.82, 2.24) is 10.3 Å². The number of hydrogen-bond acceptors (Lipinski definition) is 4. The van der Waals surface area contributed by atoms with Crippen LogP contribution in [0.1, 0.15) is 18.9 Å². The molecule has 0 radical (unpaired) electrons. The van der Waals surface area contributed by atoms with Crippen molar-refractivity contribution in [1.29, 1.82) is 0 Å². The van der Waals surface area contributed by atoms with Gasteiger partial charge in [0.05, 0.1) is 24.8 Å². The Labute approximate surface area is 173 Å². The maximum absolute atomic E-state index is 12.9. The smallest absolute Gasteiger partial charge is 0.251 e. The molecule has 1 atom stereocenters. The fourth-order valence-corrected chi connectivity index (χ4v) is 3.87. The van der Waals surface area contributed by atoms with Crippen LogP contribution in [-0.2, 0) is 16.0 Å². The van der Waals surface area contributed by atoms with Crippen LogP contribution in [0.4, 0.5) is 5.69 Å². The molecule has 3 aromatic rings. The van der Waals surface area contributed by atoms with Gasteiger partial charge in [0, 0.05) is 28.7 Å². The number of benzene rings is 2. The quantitative estimate of drug-likeness (QED) is 0.581. The second-order valence-electron chi connectivity index (χ2n) is 6.93. The first-order valence-electron chi connectivity index (χ1n) is 9.66. The molecule has 2 heterocycles. The topological polar surface area (TPSA) is 74.4 Å². The number of ether oxygens (including phenoxy) is 1. The summed E-state index contributed by atoms with van der Waals surface area (Å²) in [6, 6.07) is 12.3. The van der Waals surface area contributed by atoms with Crippen LogP contribution in [-0.4, -0.2) is 36.0 Å². The van der Waals surface area contributed by atoms with E-state index in [0.29, 0.717) is 36.0 Å². The highest BCUT2D eigenvalue weighted by atomic mass is 35.5. The van der Waals surface area contributed by atoms with Gasteiger partial charge in [-0.3, -0.25) is 9.59 Å². The average Bonchev–Trinajstić information content (AvgIpc) is 3.23. The van der Waals surface area contributed by atoms with Crippen molar-refractivity contribution in [3.05, 3.63) is 59.2 Å². The highest BCUT2D eigenvalue weighted by molar-refractivity contribution is 6.31. The van der Waals surface area contributed by atoms with Crippen molar-refractivity contribution in [2.75, 3.05) is 18.1 Å². The molecule has 150 valence electrons. The molecular formula is C22H22ClN3O3. The van der Waals surface area contributed by atoms with Gasteiger partial charge in [-0.05, 0) is 49.2 Å². The van der Waals surface area contributed by atoms with Gasteiger partial charge in [-0.2, -0.15) is 0 Å². The van der Waals surface area contributed by atoms with Crippen molar-refractivity contribution in [3.63, 3.8) is 0 Å². The first-order valence-corrected chi connectivity index (χ1v) is 10.0. The number of aromatic nitrogens is 1. The molecule has 29 heavy (non-hydrogen) atoms. The summed E-state index contributed by atoms with van der Waals surface area (Å²) in [5.74, 6) is 0.0654. The molecule has 1 aliphatic rings. The van der Waals surface area contributed by atoms with Crippen LogP contribution in [0.3, 0.4) is 0 Å². The normalized spacial score (nSPS) is 16.8. The van der Waals surface area contributed by atoms with Crippen molar-refractivity contribution >= 4 is 40.0 Å². The fourth-order valence-electron chi connectivity index (χ4n) is 3.70. The molecule has 0 saturated carbocycles. The number of rotatable bonds is 7. The molecule has 2 amide bonds. The van der Waals surface area contributed by atoms with E-state index in [-0.39, 0.29) is 18.2 Å². The lowest BCUT2D eigenvalue weighted by atomic mass is 10.1. The predicted octanol–water partition coefficient (Wildman–Crippen LogP) is 3.68. The van der Waals surface area contributed by atoms with E-state index in [2.05, 4.69) is 10.3 Å². The van der Waals surface area contributed by atoms with Gasteiger partial charge in [0.1, 0.15) is 5.75 Å². The van der Waals surface area contributed by atoms with Gasteiger partial charge in [-0.1, -0.05) is 23.7 Å². The number of amides is 2. The fraction of sp³-hybridized carbons (Fsp3) is 0.273. The van der Waals surface area contributed by atoms with Crippen molar-refractivity contribution in [2.24, 2.45) is 0 Å². The Morgan fingerprint density at radius 1 is 1.24 bits per heavy atom. The minimum atomic E-state index is -0.536. The first kappa shape index (κ1) is 19.5. The zero-order valence-corrected chi connectivity index (χ0v) is 16.8. The summed E-state index contributed by atoms with van der Waals surface area (Å²) in [6.07, 6.45) is 2.81. The van der Waals surface area contributed by atoms with Crippen LogP contribution < -0.4 is 15.0 Å². The van der Waals surface area contributed by atoms with Gasteiger partial charge < -0.3 is 15.0 Å². The summed E-state index contributed by atoms with van der Waals surface area (Å²) in [7, 11) is 0. The predicted molar refractivity (Wildman–Crippen MR) is 114 cm³/mol. The lowest BCUT2D eigenvalue weighted by Gasteiger charge is -2.18. The highest BCUT2D eigenvalue weighted by Gasteiger charge is 2.40. The largest absolute Gasteiger partial charge is 0.492 e. The number of nitrogens with one attached hydrogen (secondary N) is 2. The van der Waals surface area contributed by atoms with Crippen molar-refractivity contribution in [2.45, 2.75) is 25.8 Å². The van der Waals surface area contributed by atoms with Crippen LogP contribution in [0.25, 0.3) is 10.9 Å². The number of para-hydroxylation sites is 2. The van der Waals surface area contributed by atoms with E-state index >= 15 is 0 Å². The molecule has 1 aromatic heterocycles. The third-order valence-corrected chi connectivity index (χ3v) is 5.30. The second kappa shape index (κ2) is 8.27. The first-order chi connectivity index (χ1) is 14.1. The van der Waals surface area contributed by atoms with E-state index < -0.39 is 6.04 Å². The Hall–Kier alpha value is -2.83. The van der Waals surface area contributed by atoms with Crippen LogP contribution in [0.2, 0.25) is 5.02 Å². The monoisotopic (exact) mass is 411 g/mol. The van der Waals surface area contributed by atoms with E-state index in [4.69, 9.17) is 16.3 Å². The number of halogens is 1. The second-order valence-corrected chi connectivity index (χ2v) is 7.37. The lowest BCUT2D eigenvalue weighted by Crippen LogP contribution is -2.39. The molecule has 1 saturated heterocycles.